The molecule has 0 fully saturated rings. The molecule has 0 aliphatic carbocycles. The van der Waals surface area contributed by atoms with Crippen molar-refractivity contribution in [3.05, 3.63) is 50.9 Å². The molecule has 0 aliphatic heterocycles. The summed E-state index contributed by atoms with van der Waals surface area (Å²) in [4.78, 5) is 16.6. The van der Waals surface area contributed by atoms with Gasteiger partial charge in [0.05, 0.1) is 20.9 Å². The van der Waals surface area contributed by atoms with Crippen LogP contribution in [0.15, 0.2) is 40.3 Å². The molecule has 0 aliphatic rings. The number of halogens is 2. The number of aromatic nitrogens is 1. The molecule has 0 saturated carbocycles. The number of carbonyl (C=O) groups excluding carboxylic acids is 1. The summed E-state index contributed by atoms with van der Waals surface area (Å²) in [5.74, 6) is -0.266. The topological polar surface area (TPSA) is 68.0 Å². The van der Waals surface area contributed by atoms with E-state index in [1.54, 1.807) is 29.8 Å². The highest BCUT2D eigenvalue weighted by molar-refractivity contribution is 9.10. The molecule has 1 amide bonds. The highest BCUT2D eigenvalue weighted by atomic mass is 79.9. The number of fused-ring (bicyclic) bond motifs is 1. The Morgan fingerprint density at radius 1 is 1.33 bits per heavy atom. The first kappa shape index (κ1) is 14.3. The van der Waals surface area contributed by atoms with E-state index in [0.717, 1.165) is 4.70 Å². The van der Waals surface area contributed by atoms with Crippen LogP contribution < -0.4 is 11.1 Å². The van der Waals surface area contributed by atoms with Crippen molar-refractivity contribution >= 4 is 66.4 Å². The first-order valence-corrected chi connectivity index (χ1v) is 7.99. The second-order valence-corrected chi connectivity index (χ2v) is 6.46. The van der Waals surface area contributed by atoms with Gasteiger partial charge in [0.2, 0.25) is 0 Å². The zero-order chi connectivity index (χ0) is 15.0. The normalized spacial score (nSPS) is 10.8. The average Bonchev–Trinajstić information content (AvgIpc) is 2.93. The van der Waals surface area contributed by atoms with E-state index in [1.165, 1.54) is 11.3 Å². The predicted octanol–water partition coefficient (Wildman–Crippen LogP) is 4.55. The molecule has 1 heterocycles. The summed E-state index contributed by atoms with van der Waals surface area (Å²) in [6.45, 7) is 0. The van der Waals surface area contributed by atoms with Crippen LogP contribution in [0.1, 0.15) is 10.4 Å². The Morgan fingerprint density at radius 2 is 2.14 bits per heavy atom. The highest BCUT2D eigenvalue weighted by Crippen LogP contribution is 2.32. The maximum Gasteiger partial charge on any atom is 0.255 e. The number of nitrogens with zero attached hydrogens (tertiary/aromatic N) is 1. The summed E-state index contributed by atoms with van der Waals surface area (Å²) in [6, 6.07) is 8.62. The van der Waals surface area contributed by atoms with E-state index in [0.29, 0.717) is 32.0 Å². The maximum absolute atomic E-state index is 12.3. The molecule has 0 spiro atoms. The summed E-state index contributed by atoms with van der Waals surface area (Å²) >= 11 is 11.0. The molecule has 2 aromatic carbocycles. The van der Waals surface area contributed by atoms with Crippen molar-refractivity contribution < 1.29 is 4.79 Å². The molecule has 21 heavy (non-hydrogen) atoms. The van der Waals surface area contributed by atoms with E-state index in [2.05, 4.69) is 26.2 Å². The highest BCUT2D eigenvalue weighted by Gasteiger charge is 2.14. The van der Waals surface area contributed by atoms with Gasteiger partial charge in [-0.15, -0.1) is 11.3 Å². The van der Waals surface area contributed by atoms with E-state index >= 15 is 0 Å². The number of amides is 1. The molecule has 4 nitrogen and oxygen atoms in total. The number of nitrogen functional groups attached to an aromatic ring is 1. The van der Waals surface area contributed by atoms with Crippen LogP contribution >= 0.6 is 38.9 Å². The Kier molecular flexibility index (Phi) is 3.84. The molecular weight excluding hydrogens is 374 g/mol. The van der Waals surface area contributed by atoms with Crippen molar-refractivity contribution in [1.29, 1.82) is 0 Å². The van der Waals surface area contributed by atoms with Gasteiger partial charge in [-0.25, -0.2) is 4.98 Å². The van der Waals surface area contributed by atoms with Crippen molar-refractivity contribution in [2.75, 3.05) is 11.1 Å². The lowest BCUT2D eigenvalue weighted by Crippen LogP contribution is -2.12. The maximum atomic E-state index is 12.3. The summed E-state index contributed by atoms with van der Waals surface area (Å²) < 4.78 is 1.64. The van der Waals surface area contributed by atoms with Gasteiger partial charge in [-0.05, 0) is 46.3 Å². The van der Waals surface area contributed by atoms with E-state index in [9.17, 15) is 4.79 Å². The molecule has 3 N–H and O–H groups in total. The molecule has 0 bridgehead atoms. The van der Waals surface area contributed by atoms with E-state index in [-0.39, 0.29) is 5.91 Å². The summed E-state index contributed by atoms with van der Waals surface area (Å²) in [6.07, 6.45) is 0. The van der Waals surface area contributed by atoms with Gasteiger partial charge in [0.1, 0.15) is 5.52 Å². The van der Waals surface area contributed by atoms with Gasteiger partial charge in [-0.3, -0.25) is 4.79 Å². The molecule has 3 aromatic rings. The molecule has 3 rings (SSSR count). The van der Waals surface area contributed by atoms with Crippen molar-refractivity contribution in [3.8, 4) is 0 Å². The van der Waals surface area contributed by atoms with Crippen molar-refractivity contribution in [1.82, 2.24) is 4.98 Å². The molecule has 1 aromatic heterocycles. The number of nitrogens with two attached hydrogens (primary N) is 1. The minimum atomic E-state index is -0.266. The number of hydrogen-bond donors (Lipinski definition) is 2. The standard InChI is InChI=1S/C14H9BrClN3OS/c15-8-5-7(1-3-10(8)17)14(20)19-12-9(16)2-4-11-13(12)18-6-21-11/h1-6H,17H2,(H,19,20). The van der Waals surface area contributed by atoms with Gasteiger partial charge in [0, 0.05) is 15.7 Å². The fourth-order valence-corrected chi connectivity index (χ4v) is 3.14. The average molecular weight is 383 g/mol. The lowest BCUT2D eigenvalue weighted by molar-refractivity contribution is 0.102. The number of anilines is 2. The van der Waals surface area contributed by atoms with Crippen molar-refractivity contribution in [3.63, 3.8) is 0 Å². The fourth-order valence-electron chi connectivity index (χ4n) is 1.88. The Hall–Kier alpha value is -1.63. The van der Waals surface area contributed by atoms with Crippen LogP contribution in [0.5, 0.6) is 0 Å². The lowest BCUT2D eigenvalue weighted by atomic mass is 10.2. The minimum Gasteiger partial charge on any atom is -0.398 e. The first-order valence-electron chi connectivity index (χ1n) is 5.94. The number of rotatable bonds is 2. The van der Waals surface area contributed by atoms with Crippen LogP contribution in [0.2, 0.25) is 5.02 Å². The van der Waals surface area contributed by atoms with Gasteiger partial charge in [-0.2, -0.15) is 0 Å². The van der Waals surface area contributed by atoms with E-state index < -0.39 is 0 Å². The fraction of sp³-hybridized carbons (Fsp3) is 0. The molecule has 106 valence electrons. The lowest BCUT2D eigenvalue weighted by Gasteiger charge is -2.09. The second-order valence-electron chi connectivity index (χ2n) is 4.31. The van der Waals surface area contributed by atoms with Crippen LogP contribution in [-0.2, 0) is 0 Å². The number of hydrogen-bond acceptors (Lipinski definition) is 4. The van der Waals surface area contributed by atoms with Crippen LogP contribution in [0.3, 0.4) is 0 Å². The molecule has 0 radical (unpaired) electrons. The van der Waals surface area contributed by atoms with Gasteiger partial charge >= 0.3 is 0 Å². The molecule has 0 saturated heterocycles. The predicted molar refractivity (Wildman–Crippen MR) is 91.1 cm³/mol. The Bertz CT molecular complexity index is 849. The monoisotopic (exact) mass is 381 g/mol. The number of nitrogens with one attached hydrogen (secondary N) is 1. The minimum absolute atomic E-state index is 0.266. The first-order chi connectivity index (χ1) is 10.1. The van der Waals surface area contributed by atoms with Gasteiger partial charge in [0.25, 0.3) is 5.91 Å². The molecule has 0 unspecified atom stereocenters. The largest absolute Gasteiger partial charge is 0.398 e. The second kappa shape index (κ2) is 5.63. The summed E-state index contributed by atoms with van der Waals surface area (Å²) in [5, 5.41) is 3.27. The summed E-state index contributed by atoms with van der Waals surface area (Å²) in [7, 11) is 0. The zero-order valence-electron chi connectivity index (χ0n) is 10.6. The smallest absolute Gasteiger partial charge is 0.255 e. The Labute approximate surface area is 138 Å². The van der Waals surface area contributed by atoms with Crippen LogP contribution in [0, 0.1) is 0 Å². The Balaban J connectivity index is 1.98. The van der Waals surface area contributed by atoms with Crippen LogP contribution in [-0.4, -0.2) is 10.9 Å². The third-order valence-electron chi connectivity index (χ3n) is 2.95. The number of benzene rings is 2. The zero-order valence-corrected chi connectivity index (χ0v) is 13.7. The SMILES string of the molecule is Nc1ccc(C(=O)Nc2c(Cl)ccc3scnc23)cc1Br. The van der Waals surface area contributed by atoms with Gasteiger partial charge < -0.3 is 11.1 Å². The number of carbonyl (C=O) groups is 1. The van der Waals surface area contributed by atoms with E-state index in [1.807, 2.05) is 6.07 Å². The van der Waals surface area contributed by atoms with Crippen molar-refractivity contribution in [2.24, 2.45) is 0 Å². The van der Waals surface area contributed by atoms with Gasteiger partial charge in [-0.1, -0.05) is 11.6 Å². The van der Waals surface area contributed by atoms with Gasteiger partial charge in [0.15, 0.2) is 0 Å². The summed E-state index contributed by atoms with van der Waals surface area (Å²) in [5.41, 5.74) is 9.71. The van der Waals surface area contributed by atoms with E-state index in [4.69, 9.17) is 17.3 Å². The van der Waals surface area contributed by atoms with Crippen molar-refractivity contribution in [2.45, 2.75) is 0 Å². The third-order valence-corrected chi connectivity index (χ3v) is 4.75. The van der Waals surface area contributed by atoms with Crippen LogP contribution in [0.4, 0.5) is 11.4 Å². The quantitative estimate of drug-likeness (QED) is 0.639. The molecule has 7 heteroatoms. The Morgan fingerprint density at radius 3 is 2.90 bits per heavy atom. The van der Waals surface area contributed by atoms with Crippen LogP contribution in [0.25, 0.3) is 10.2 Å². The third kappa shape index (κ3) is 2.74. The number of thiazole rings is 1. The molecule has 0 atom stereocenters. The molecular formula is C14H9BrClN3OS.